The van der Waals surface area contributed by atoms with Crippen molar-refractivity contribution in [1.29, 1.82) is 0 Å². The molecular weight excluding hydrogens is 408 g/mol. The number of rotatable bonds is 7. The largest absolute Gasteiger partial charge is 0.493 e. The molecule has 3 aromatic rings. The van der Waals surface area contributed by atoms with E-state index in [1.54, 1.807) is 23.4 Å². The molecule has 8 nitrogen and oxygen atoms in total. The minimum absolute atomic E-state index is 0.310. The first-order chi connectivity index (χ1) is 14.5. The molecule has 0 saturated heterocycles. The number of carbonyl (C=O) groups is 1. The van der Waals surface area contributed by atoms with E-state index in [4.69, 9.17) is 14.2 Å². The highest BCUT2D eigenvalue weighted by Crippen LogP contribution is 2.43. The van der Waals surface area contributed by atoms with Gasteiger partial charge in [-0.05, 0) is 18.6 Å². The van der Waals surface area contributed by atoms with Crippen LogP contribution in [0.4, 0.5) is 0 Å². The Morgan fingerprint density at radius 1 is 1.33 bits per heavy atom. The molecule has 0 spiro atoms. The number of benzene rings is 1. The third-order valence-corrected chi connectivity index (χ3v) is 5.61. The molecule has 0 fully saturated rings. The Morgan fingerprint density at radius 2 is 2.17 bits per heavy atom. The minimum Gasteiger partial charge on any atom is -0.493 e. The lowest BCUT2D eigenvalue weighted by molar-refractivity contribution is 0.0693. The number of aromatic nitrogens is 2. The van der Waals surface area contributed by atoms with Crippen molar-refractivity contribution < 1.29 is 24.1 Å². The molecule has 1 aliphatic heterocycles. The zero-order valence-corrected chi connectivity index (χ0v) is 17.3. The number of pyridine rings is 1. The molecule has 156 valence electrons. The maximum atomic E-state index is 12.4. The van der Waals surface area contributed by atoms with Gasteiger partial charge >= 0.3 is 5.97 Å². The van der Waals surface area contributed by atoms with Crippen molar-refractivity contribution in [1.82, 2.24) is 9.55 Å². The van der Waals surface area contributed by atoms with Crippen molar-refractivity contribution in [2.45, 2.75) is 19.6 Å². The summed E-state index contributed by atoms with van der Waals surface area (Å²) in [6, 6.07) is 5.04. The smallest absolute Gasteiger partial charge is 0.341 e. The molecule has 9 heteroatoms. The van der Waals surface area contributed by atoms with E-state index in [0.717, 1.165) is 16.9 Å². The topological polar surface area (TPSA) is 99.9 Å². The first-order valence-corrected chi connectivity index (χ1v) is 10.2. The lowest BCUT2D eigenvalue weighted by atomic mass is 10.0. The van der Waals surface area contributed by atoms with Crippen molar-refractivity contribution in [3.05, 3.63) is 62.3 Å². The zero-order chi connectivity index (χ0) is 21.3. The van der Waals surface area contributed by atoms with Gasteiger partial charge in [-0.2, -0.15) is 0 Å². The number of aryl methyl sites for hydroxylation is 1. The molecule has 1 unspecified atom stereocenters. The first-order valence-electron chi connectivity index (χ1n) is 9.31. The summed E-state index contributed by atoms with van der Waals surface area (Å²) < 4.78 is 18.8. The zero-order valence-electron chi connectivity index (χ0n) is 16.5. The average Bonchev–Trinajstić information content (AvgIpc) is 3.25. The van der Waals surface area contributed by atoms with Crippen LogP contribution in [0, 0.1) is 6.92 Å². The molecule has 30 heavy (non-hydrogen) atoms. The molecule has 0 radical (unpaired) electrons. The van der Waals surface area contributed by atoms with Gasteiger partial charge in [-0.1, -0.05) is 0 Å². The molecule has 0 saturated carbocycles. The predicted molar refractivity (Wildman–Crippen MR) is 111 cm³/mol. The fourth-order valence-corrected chi connectivity index (χ4v) is 3.99. The monoisotopic (exact) mass is 428 g/mol. The normalized spacial score (nSPS) is 14.5. The van der Waals surface area contributed by atoms with Gasteiger partial charge < -0.3 is 23.9 Å². The van der Waals surface area contributed by atoms with Crippen molar-refractivity contribution >= 4 is 17.3 Å². The van der Waals surface area contributed by atoms with Gasteiger partial charge in [0, 0.05) is 50.2 Å². The molecule has 3 heterocycles. The number of hydrogen-bond donors (Lipinski definition) is 1. The van der Waals surface area contributed by atoms with E-state index in [0.29, 0.717) is 36.0 Å². The lowest BCUT2D eigenvalue weighted by Crippen LogP contribution is -2.27. The van der Waals surface area contributed by atoms with Crippen LogP contribution < -0.4 is 14.9 Å². The predicted octanol–water partition coefficient (Wildman–Crippen LogP) is 3.33. The van der Waals surface area contributed by atoms with Gasteiger partial charge in [-0.3, -0.25) is 9.78 Å². The second-order valence-corrected chi connectivity index (χ2v) is 7.75. The fraction of sp³-hybridized carbons (Fsp3) is 0.286. The highest BCUT2D eigenvalue weighted by molar-refractivity contribution is 7.09. The van der Waals surface area contributed by atoms with Crippen LogP contribution in [0.5, 0.6) is 11.5 Å². The van der Waals surface area contributed by atoms with E-state index in [1.807, 2.05) is 19.1 Å². The van der Waals surface area contributed by atoms with E-state index < -0.39 is 17.6 Å². The standard InChI is InChI=1S/C21H20N2O6S/c1-12-6-13-15-7-16(24)14(21(25)26)10-23(15)20(19-9-22-11-30-19)29-18(13)8-17(12)28-5-3-4-27-2/h6-11,20H,3-5H2,1-2H3,(H,25,26). The van der Waals surface area contributed by atoms with Crippen molar-refractivity contribution in [2.24, 2.45) is 0 Å². The number of aromatic carboxylic acids is 1. The van der Waals surface area contributed by atoms with Crippen molar-refractivity contribution in [2.75, 3.05) is 20.3 Å². The number of ether oxygens (including phenoxy) is 3. The Hall–Kier alpha value is -3.17. The van der Waals surface area contributed by atoms with E-state index >= 15 is 0 Å². The van der Waals surface area contributed by atoms with Crippen molar-refractivity contribution in [3.63, 3.8) is 0 Å². The molecule has 1 aromatic carbocycles. The van der Waals surface area contributed by atoms with E-state index in [-0.39, 0.29) is 5.56 Å². The summed E-state index contributed by atoms with van der Waals surface area (Å²) >= 11 is 1.39. The van der Waals surface area contributed by atoms with Gasteiger partial charge in [0.15, 0.2) is 5.43 Å². The number of fused-ring (bicyclic) bond motifs is 3. The number of nitrogens with zero attached hydrogens (tertiary/aromatic N) is 2. The van der Waals surface area contributed by atoms with Crippen LogP contribution in [-0.4, -0.2) is 41.0 Å². The van der Waals surface area contributed by atoms with Crippen LogP contribution in [0.3, 0.4) is 0 Å². The molecule has 0 amide bonds. The molecule has 1 aliphatic rings. The molecular formula is C21H20N2O6S. The third-order valence-electron chi connectivity index (χ3n) is 4.80. The maximum absolute atomic E-state index is 12.4. The maximum Gasteiger partial charge on any atom is 0.341 e. The third kappa shape index (κ3) is 3.69. The van der Waals surface area contributed by atoms with Crippen LogP contribution in [0.15, 0.2) is 40.9 Å². The molecule has 4 rings (SSSR count). The number of methoxy groups -OCH3 is 1. The Kier molecular flexibility index (Phi) is 5.56. The van der Waals surface area contributed by atoms with Crippen LogP contribution in [0.2, 0.25) is 0 Å². The van der Waals surface area contributed by atoms with E-state index in [2.05, 4.69) is 4.98 Å². The van der Waals surface area contributed by atoms with Crippen molar-refractivity contribution in [3.8, 4) is 22.8 Å². The highest BCUT2D eigenvalue weighted by Gasteiger charge is 2.30. The molecule has 0 aliphatic carbocycles. The number of carboxylic acids is 1. The Labute approximate surface area is 176 Å². The number of carboxylic acid groups (broad SMARTS) is 1. The Balaban J connectivity index is 1.81. The average molecular weight is 428 g/mol. The van der Waals surface area contributed by atoms with Gasteiger partial charge in [0.2, 0.25) is 6.23 Å². The minimum atomic E-state index is -1.28. The highest BCUT2D eigenvalue weighted by atomic mass is 32.1. The quantitative estimate of drug-likeness (QED) is 0.576. The molecule has 1 atom stereocenters. The SMILES string of the molecule is COCCCOc1cc2c(cc1C)-c1cc(=O)c(C(=O)O)cn1C(c1cncs1)O2. The van der Waals surface area contributed by atoms with Crippen LogP contribution in [-0.2, 0) is 4.74 Å². The van der Waals surface area contributed by atoms with Crippen LogP contribution in [0.25, 0.3) is 11.3 Å². The summed E-state index contributed by atoms with van der Waals surface area (Å²) in [5.41, 5.74) is 2.98. The first kappa shape index (κ1) is 20.1. The van der Waals surface area contributed by atoms with E-state index in [1.165, 1.54) is 23.6 Å². The second kappa shape index (κ2) is 8.29. The summed E-state index contributed by atoms with van der Waals surface area (Å²) in [6.07, 6.45) is 3.12. The van der Waals surface area contributed by atoms with Crippen LogP contribution in [0.1, 0.15) is 33.4 Å². The summed E-state index contributed by atoms with van der Waals surface area (Å²) in [6.45, 7) is 3.02. The Morgan fingerprint density at radius 3 is 2.87 bits per heavy atom. The lowest BCUT2D eigenvalue weighted by Gasteiger charge is -2.31. The molecule has 0 bridgehead atoms. The summed E-state index contributed by atoms with van der Waals surface area (Å²) in [4.78, 5) is 28.8. The van der Waals surface area contributed by atoms with E-state index in [9.17, 15) is 14.7 Å². The molecule has 2 aromatic heterocycles. The summed E-state index contributed by atoms with van der Waals surface area (Å²) in [7, 11) is 1.65. The number of hydrogen-bond acceptors (Lipinski definition) is 7. The van der Waals surface area contributed by atoms with Gasteiger partial charge in [-0.15, -0.1) is 11.3 Å². The number of thiazole rings is 1. The fourth-order valence-electron chi connectivity index (χ4n) is 3.35. The second-order valence-electron chi connectivity index (χ2n) is 6.83. The van der Waals surface area contributed by atoms with Gasteiger partial charge in [0.1, 0.15) is 17.1 Å². The molecule has 1 N–H and O–H groups in total. The van der Waals surface area contributed by atoms with Gasteiger partial charge in [-0.25, -0.2) is 4.79 Å². The van der Waals surface area contributed by atoms with Gasteiger partial charge in [0.05, 0.1) is 22.7 Å². The summed E-state index contributed by atoms with van der Waals surface area (Å²) in [5.74, 6) is -0.0331. The Bertz CT molecular complexity index is 1140. The summed E-state index contributed by atoms with van der Waals surface area (Å²) in [5, 5.41) is 9.39. The van der Waals surface area contributed by atoms with Crippen LogP contribution >= 0.6 is 11.3 Å². The van der Waals surface area contributed by atoms with Gasteiger partial charge in [0.25, 0.3) is 0 Å².